The van der Waals surface area contributed by atoms with E-state index in [0.29, 0.717) is 38.2 Å². The van der Waals surface area contributed by atoms with Crippen LogP contribution in [-0.2, 0) is 9.59 Å². The van der Waals surface area contributed by atoms with E-state index in [4.69, 9.17) is 11.6 Å². The van der Waals surface area contributed by atoms with Gasteiger partial charge in [0.2, 0.25) is 11.8 Å². The molecule has 3 rings (SSSR count). The fourth-order valence-corrected chi connectivity index (χ4v) is 4.37. The van der Waals surface area contributed by atoms with Gasteiger partial charge in [0.1, 0.15) is 5.82 Å². The molecule has 2 aliphatic heterocycles. The van der Waals surface area contributed by atoms with Crippen LogP contribution in [0.3, 0.4) is 0 Å². The van der Waals surface area contributed by atoms with Crippen LogP contribution in [0.1, 0.15) is 38.2 Å². The third-order valence-electron chi connectivity index (χ3n) is 6.21. The normalized spacial score (nSPS) is 23.4. The second-order valence-corrected chi connectivity index (χ2v) is 8.71. The highest BCUT2D eigenvalue weighted by molar-refractivity contribution is 6.30. The number of piperidine rings is 1. The zero-order valence-corrected chi connectivity index (χ0v) is 18.7. The first-order chi connectivity index (χ1) is 14.8. The van der Waals surface area contributed by atoms with Crippen molar-refractivity contribution in [3.05, 3.63) is 40.7 Å². The van der Waals surface area contributed by atoms with E-state index in [1.807, 2.05) is 4.90 Å². The number of amides is 2. The summed E-state index contributed by atoms with van der Waals surface area (Å²) in [6.45, 7) is 5.94. The summed E-state index contributed by atoms with van der Waals surface area (Å²) in [6.07, 6.45) is 5.78. The van der Waals surface area contributed by atoms with Crippen LogP contribution < -0.4 is 0 Å². The summed E-state index contributed by atoms with van der Waals surface area (Å²) in [4.78, 5) is 30.8. The number of halogens is 2. The van der Waals surface area contributed by atoms with Crippen molar-refractivity contribution in [3.8, 4) is 0 Å². The van der Waals surface area contributed by atoms with Crippen LogP contribution in [0, 0.1) is 5.82 Å². The molecule has 0 radical (unpaired) electrons. The molecule has 6 nitrogen and oxygen atoms in total. The Hall–Kier alpha value is -1.96. The van der Waals surface area contributed by atoms with Crippen LogP contribution in [0.25, 0.3) is 6.08 Å². The van der Waals surface area contributed by atoms with Gasteiger partial charge in [-0.25, -0.2) is 4.39 Å². The molecule has 2 atom stereocenters. The number of aliphatic hydroxyl groups excluding tert-OH is 1. The summed E-state index contributed by atoms with van der Waals surface area (Å²) in [5, 5.41) is 10.0. The second kappa shape index (κ2) is 11.1. The zero-order valence-electron chi connectivity index (χ0n) is 18.0. The van der Waals surface area contributed by atoms with Crippen molar-refractivity contribution in [1.82, 2.24) is 14.7 Å². The highest BCUT2D eigenvalue weighted by Gasteiger charge is 2.27. The Labute approximate surface area is 188 Å². The first-order valence-electron chi connectivity index (χ1n) is 11.0. The van der Waals surface area contributed by atoms with Crippen LogP contribution in [0.4, 0.5) is 4.39 Å². The minimum absolute atomic E-state index is 0.0130. The predicted octanol–water partition coefficient (Wildman–Crippen LogP) is 2.79. The maximum atomic E-state index is 13.3. The highest BCUT2D eigenvalue weighted by Crippen LogP contribution is 2.18. The van der Waals surface area contributed by atoms with Crippen LogP contribution in [0.2, 0.25) is 5.02 Å². The number of nitrogens with zero attached hydrogens (tertiary/aromatic N) is 3. The van der Waals surface area contributed by atoms with Gasteiger partial charge in [-0.2, -0.15) is 0 Å². The monoisotopic (exact) mass is 451 g/mol. The minimum atomic E-state index is -0.498. The molecule has 2 fully saturated rings. The molecule has 2 aliphatic rings. The van der Waals surface area contributed by atoms with Gasteiger partial charge in [0, 0.05) is 51.3 Å². The van der Waals surface area contributed by atoms with Crippen LogP contribution in [0.15, 0.2) is 24.3 Å². The van der Waals surface area contributed by atoms with Crippen LogP contribution in [-0.4, -0.2) is 83.0 Å². The molecular weight excluding hydrogens is 421 g/mol. The Bertz CT molecular complexity index is 819. The lowest BCUT2D eigenvalue weighted by Crippen LogP contribution is -2.47. The zero-order chi connectivity index (χ0) is 22.4. The van der Waals surface area contributed by atoms with E-state index >= 15 is 0 Å². The van der Waals surface area contributed by atoms with E-state index in [-0.39, 0.29) is 29.0 Å². The highest BCUT2D eigenvalue weighted by atomic mass is 35.5. The van der Waals surface area contributed by atoms with Gasteiger partial charge in [0.25, 0.3) is 0 Å². The van der Waals surface area contributed by atoms with Gasteiger partial charge in [0.15, 0.2) is 0 Å². The quantitative estimate of drug-likeness (QED) is 0.675. The van der Waals surface area contributed by atoms with Crippen LogP contribution >= 0.6 is 11.6 Å². The van der Waals surface area contributed by atoms with Crippen molar-refractivity contribution < 1.29 is 19.1 Å². The first kappa shape index (κ1) is 23.7. The lowest BCUT2D eigenvalue weighted by atomic mass is 10.0. The maximum Gasteiger partial charge on any atom is 0.246 e. The lowest BCUT2D eigenvalue weighted by molar-refractivity contribution is -0.130. The molecule has 8 heteroatoms. The average Bonchev–Trinajstić information content (AvgIpc) is 2.93. The molecule has 0 aliphatic carbocycles. The van der Waals surface area contributed by atoms with Gasteiger partial charge in [-0.1, -0.05) is 17.7 Å². The molecule has 170 valence electrons. The number of hydrogen-bond acceptors (Lipinski definition) is 4. The topological polar surface area (TPSA) is 64.1 Å². The summed E-state index contributed by atoms with van der Waals surface area (Å²) in [5.74, 6) is -0.607. The summed E-state index contributed by atoms with van der Waals surface area (Å²) in [6, 6.07) is 4.45. The van der Waals surface area contributed by atoms with Crippen molar-refractivity contribution in [2.24, 2.45) is 0 Å². The Morgan fingerprint density at radius 1 is 1.26 bits per heavy atom. The molecule has 0 bridgehead atoms. The summed E-state index contributed by atoms with van der Waals surface area (Å²) in [5.41, 5.74) is 0.643. The SMILES string of the molecule is C[C@@H]1[C@@H](O)CCCN1CCCN1CCN(C(=O)/C=C/c2ccc(F)c(Cl)c2)CCC1=O. The van der Waals surface area contributed by atoms with Crippen molar-refractivity contribution in [1.29, 1.82) is 0 Å². The minimum Gasteiger partial charge on any atom is -0.392 e. The van der Waals surface area contributed by atoms with E-state index in [0.717, 1.165) is 32.4 Å². The Morgan fingerprint density at radius 2 is 2.06 bits per heavy atom. The fourth-order valence-electron chi connectivity index (χ4n) is 4.18. The third-order valence-corrected chi connectivity index (χ3v) is 6.50. The maximum absolute atomic E-state index is 13.3. The summed E-state index contributed by atoms with van der Waals surface area (Å²) < 4.78 is 13.3. The molecule has 1 aromatic carbocycles. The molecule has 2 heterocycles. The van der Waals surface area contributed by atoms with Gasteiger partial charge in [-0.3, -0.25) is 14.5 Å². The molecule has 1 N–H and O–H groups in total. The summed E-state index contributed by atoms with van der Waals surface area (Å²) in [7, 11) is 0. The fraction of sp³-hybridized carbons (Fsp3) is 0.565. The van der Waals surface area contributed by atoms with Crippen molar-refractivity contribution in [2.75, 3.05) is 39.3 Å². The second-order valence-electron chi connectivity index (χ2n) is 8.30. The van der Waals surface area contributed by atoms with Crippen LogP contribution in [0.5, 0.6) is 0 Å². The van der Waals surface area contributed by atoms with E-state index in [1.54, 1.807) is 17.0 Å². The number of carbonyl (C=O) groups is 2. The Balaban J connectivity index is 1.47. The van der Waals surface area contributed by atoms with E-state index in [9.17, 15) is 19.1 Å². The number of rotatable bonds is 6. The Kier molecular flexibility index (Phi) is 8.46. The molecule has 0 spiro atoms. The standard InChI is InChI=1S/C23H31ClFN3O3/c1-17-21(29)4-2-10-26(17)11-3-12-27-14-15-28(13-9-23(27)31)22(30)8-6-18-5-7-20(25)19(24)16-18/h5-8,16-17,21,29H,2-4,9-15H2,1H3/b8-6+/t17-,21+/m1/s1. The van der Waals surface area contributed by atoms with Crippen molar-refractivity contribution in [2.45, 2.75) is 44.8 Å². The largest absolute Gasteiger partial charge is 0.392 e. The molecule has 2 amide bonds. The van der Waals surface area contributed by atoms with Gasteiger partial charge < -0.3 is 14.9 Å². The van der Waals surface area contributed by atoms with Gasteiger partial charge >= 0.3 is 0 Å². The number of benzene rings is 1. The van der Waals surface area contributed by atoms with E-state index < -0.39 is 5.82 Å². The smallest absolute Gasteiger partial charge is 0.246 e. The number of hydrogen-bond donors (Lipinski definition) is 1. The number of carbonyl (C=O) groups excluding carboxylic acids is 2. The average molecular weight is 452 g/mol. The van der Waals surface area contributed by atoms with Crippen molar-refractivity contribution in [3.63, 3.8) is 0 Å². The Morgan fingerprint density at radius 3 is 2.84 bits per heavy atom. The molecular formula is C23H31ClFN3O3. The molecule has 0 aromatic heterocycles. The van der Waals surface area contributed by atoms with E-state index in [1.165, 1.54) is 18.2 Å². The van der Waals surface area contributed by atoms with Gasteiger partial charge in [0.05, 0.1) is 11.1 Å². The summed E-state index contributed by atoms with van der Waals surface area (Å²) >= 11 is 5.78. The third kappa shape index (κ3) is 6.51. The number of aliphatic hydroxyl groups is 1. The molecule has 0 unspecified atom stereocenters. The van der Waals surface area contributed by atoms with Crippen molar-refractivity contribution >= 4 is 29.5 Å². The molecule has 2 saturated heterocycles. The molecule has 0 saturated carbocycles. The molecule has 1 aromatic rings. The van der Waals surface area contributed by atoms with E-state index in [2.05, 4.69) is 11.8 Å². The molecule has 31 heavy (non-hydrogen) atoms. The van der Waals surface area contributed by atoms with Gasteiger partial charge in [-0.05, 0) is 56.5 Å². The lowest BCUT2D eigenvalue weighted by Gasteiger charge is -2.37. The predicted molar refractivity (Wildman–Crippen MR) is 119 cm³/mol. The first-order valence-corrected chi connectivity index (χ1v) is 11.3. The number of likely N-dealkylation sites (tertiary alicyclic amines) is 1. The van der Waals surface area contributed by atoms with Gasteiger partial charge in [-0.15, -0.1) is 0 Å².